The van der Waals surface area contributed by atoms with Crippen molar-refractivity contribution in [1.82, 2.24) is 9.38 Å². The van der Waals surface area contributed by atoms with E-state index in [4.69, 9.17) is 16.3 Å². The van der Waals surface area contributed by atoms with Gasteiger partial charge in [-0.15, -0.1) is 0 Å². The Morgan fingerprint density at radius 2 is 2.11 bits per heavy atom. The van der Waals surface area contributed by atoms with E-state index in [-0.39, 0.29) is 0 Å². The van der Waals surface area contributed by atoms with Gasteiger partial charge in [-0.2, -0.15) is 0 Å². The molecule has 0 saturated heterocycles. The Kier molecular flexibility index (Phi) is 3.13. The van der Waals surface area contributed by atoms with Crippen LogP contribution in [0.25, 0.3) is 5.65 Å². The number of hydrogen-bond acceptors (Lipinski definition) is 2. The van der Waals surface area contributed by atoms with Gasteiger partial charge in [-0.25, -0.2) is 4.98 Å². The first-order chi connectivity index (χ1) is 9.26. The molecule has 0 aliphatic heterocycles. The first-order valence-corrected chi connectivity index (χ1v) is 6.39. The summed E-state index contributed by atoms with van der Waals surface area (Å²) in [5.41, 5.74) is 2.98. The molecule has 0 aliphatic carbocycles. The molecule has 1 aromatic carbocycles. The lowest BCUT2D eigenvalue weighted by Gasteiger charge is -2.05. The molecule has 0 amide bonds. The fourth-order valence-corrected chi connectivity index (χ4v) is 2.29. The first kappa shape index (κ1) is 12.1. The zero-order chi connectivity index (χ0) is 13.2. The number of benzene rings is 1. The van der Waals surface area contributed by atoms with Crippen LogP contribution in [0.2, 0.25) is 5.02 Å². The van der Waals surface area contributed by atoms with Gasteiger partial charge in [0.25, 0.3) is 0 Å². The number of methoxy groups -OCH3 is 1. The normalized spacial score (nSPS) is 10.8. The van der Waals surface area contributed by atoms with Gasteiger partial charge >= 0.3 is 0 Å². The van der Waals surface area contributed by atoms with E-state index in [9.17, 15) is 0 Å². The highest BCUT2D eigenvalue weighted by Crippen LogP contribution is 2.21. The van der Waals surface area contributed by atoms with Gasteiger partial charge in [0.1, 0.15) is 11.4 Å². The Morgan fingerprint density at radius 1 is 1.26 bits per heavy atom. The molecule has 0 radical (unpaired) electrons. The molecule has 3 rings (SSSR count). The summed E-state index contributed by atoms with van der Waals surface area (Å²) in [6, 6.07) is 11.7. The predicted octanol–water partition coefficient (Wildman–Crippen LogP) is 3.59. The third kappa shape index (κ3) is 2.42. The van der Waals surface area contributed by atoms with Gasteiger partial charge in [0.05, 0.1) is 12.8 Å². The van der Waals surface area contributed by atoms with Crippen molar-refractivity contribution in [2.75, 3.05) is 7.11 Å². The van der Waals surface area contributed by atoms with Crippen molar-refractivity contribution >= 4 is 17.2 Å². The molecule has 4 heteroatoms. The lowest BCUT2D eigenvalue weighted by molar-refractivity contribution is 0.410. The zero-order valence-corrected chi connectivity index (χ0v) is 11.3. The Labute approximate surface area is 116 Å². The van der Waals surface area contributed by atoms with Crippen molar-refractivity contribution in [2.45, 2.75) is 6.42 Å². The van der Waals surface area contributed by atoms with E-state index < -0.39 is 0 Å². The number of aromatic nitrogens is 2. The van der Waals surface area contributed by atoms with Crippen molar-refractivity contribution in [2.24, 2.45) is 0 Å². The molecule has 19 heavy (non-hydrogen) atoms. The molecule has 0 spiro atoms. The van der Waals surface area contributed by atoms with Crippen LogP contribution in [0.1, 0.15) is 11.3 Å². The van der Waals surface area contributed by atoms with Crippen LogP contribution in [-0.4, -0.2) is 16.5 Å². The van der Waals surface area contributed by atoms with Crippen molar-refractivity contribution < 1.29 is 4.74 Å². The van der Waals surface area contributed by atoms with Crippen LogP contribution >= 0.6 is 11.6 Å². The summed E-state index contributed by atoms with van der Waals surface area (Å²) in [5.74, 6) is 0.887. The number of nitrogens with zero attached hydrogens (tertiary/aromatic N) is 2. The van der Waals surface area contributed by atoms with E-state index in [1.807, 2.05) is 47.1 Å². The van der Waals surface area contributed by atoms with E-state index in [2.05, 4.69) is 11.1 Å². The van der Waals surface area contributed by atoms with Gasteiger partial charge < -0.3 is 9.14 Å². The van der Waals surface area contributed by atoms with Crippen molar-refractivity contribution in [3.05, 3.63) is 65.1 Å². The van der Waals surface area contributed by atoms with Crippen LogP contribution in [-0.2, 0) is 6.42 Å². The number of rotatable bonds is 3. The largest absolute Gasteiger partial charge is 0.496 e. The Bertz CT molecular complexity index is 721. The molecule has 0 fully saturated rings. The highest BCUT2D eigenvalue weighted by atomic mass is 35.5. The lowest BCUT2D eigenvalue weighted by Crippen LogP contribution is -1.93. The molecule has 2 aromatic heterocycles. The summed E-state index contributed by atoms with van der Waals surface area (Å²) >= 11 is 5.96. The van der Waals surface area contributed by atoms with Crippen molar-refractivity contribution in [1.29, 1.82) is 0 Å². The molecule has 0 bridgehead atoms. The summed E-state index contributed by atoms with van der Waals surface area (Å²) in [7, 11) is 1.68. The van der Waals surface area contributed by atoms with Crippen LogP contribution in [0.5, 0.6) is 5.75 Å². The molecule has 0 N–H and O–H groups in total. The van der Waals surface area contributed by atoms with Crippen LogP contribution < -0.4 is 4.74 Å². The summed E-state index contributed by atoms with van der Waals surface area (Å²) in [4.78, 5) is 4.57. The van der Waals surface area contributed by atoms with Gasteiger partial charge in [-0.3, -0.25) is 0 Å². The van der Waals surface area contributed by atoms with E-state index in [0.29, 0.717) is 5.02 Å². The summed E-state index contributed by atoms with van der Waals surface area (Å²) < 4.78 is 7.32. The van der Waals surface area contributed by atoms with E-state index in [1.165, 1.54) is 0 Å². The smallest absolute Gasteiger partial charge is 0.138 e. The van der Waals surface area contributed by atoms with Crippen LogP contribution in [0.15, 0.2) is 48.8 Å². The Morgan fingerprint density at radius 3 is 2.95 bits per heavy atom. The highest BCUT2D eigenvalue weighted by Gasteiger charge is 2.07. The number of halogens is 1. The minimum absolute atomic E-state index is 0.696. The molecule has 2 heterocycles. The molecular weight excluding hydrogens is 260 g/mol. The number of fused-ring (bicyclic) bond motifs is 1. The average molecular weight is 273 g/mol. The van der Waals surface area contributed by atoms with Gasteiger partial charge in [0, 0.05) is 29.4 Å². The van der Waals surface area contributed by atoms with Gasteiger partial charge in [0.15, 0.2) is 0 Å². The maximum absolute atomic E-state index is 5.96. The van der Waals surface area contributed by atoms with Crippen LogP contribution in [0.4, 0.5) is 0 Å². The molecule has 3 aromatic rings. The third-order valence-corrected chi connectivity index (χ3v) is 3.27. The van der Waals surface area contributed by atoms with Crippen molar-refractivity contribution in [3.63, 3.8) is 0 Å². The summed E-state index contributed by atoms with van der Waals surface area (Å²) in [5, 5.41) is 0.696. The maximum atomic E-state index is 5.96. The summed E-state index contributed by atoms with van der Waals surface area (Å²) in [6.45, 7) is 0. The molecule has 0 unspecified atom stereocenters. The predicted molar refractivity (Wildman–Crippen MR) is 76.0 cm³/mol. The molecule has 0 aliphatic rings. The number of hydrogen-bond donors (Lipinski definition) is 0. The lowest BCUT2D eigenvalue weighted by atomic mass is 10.1. The zero-order valence-electron chi connectivity index (χ0n) is 10.5. The average Bonchev–Trinajstić information content (AvgIpc) is 2.80. The molecule has 3 nitrogen and oxygen atoms in total. The van der Waals surface area contributed by atoms with Crippen molar-refractivity contribution in [3.8, 4) is 5.75 Å². The van der Waals surface area contributed by atoms with E-state index in [1.54, 1.807) is 7.11 Å². The van der Waals surface area contributed by atoms with Gasteiger partial charge in [0.2, 0.25) is 0 Å². The number of pyridine rings is 1. The third-order valence-electron chi connectivity index (χ3n) is 3.04. The molecule has 96 valence electrons. The number of ether oxygens (including phenoxy) is 1. The second kappa shape index (κ2) is 4.94. The SMILES string of the molecule is COc1ccccc1Cc1cn2ccc(Cl)cc2n1. The van der Waals surface area contributed by atoms with Crippen LogP contribution in [0, 0.1) is 0 Å². The summed E-state index contributed by atoms with van der Waals surface area (Å²) in [6.07, 6.45) is 4.66. The Hall–Kier alpha value is -2.00. The number of imidazole rings is 1. The van der Waals surface area contributed by atoms with Gasteiger partial charge in [-0.05, 0) is 18.2 Å². The number of para-hydroxylation sites is 1. The fourth-order valence-electron chi connectivity index (χ4n) is 2.14. The highest BCUT2D eigenvalue weighted by molar-refractivity contribution is 6.30. The molecule has 0 saturated carbocycles. The van der Waals surface area contributed by atoms with E-state index in [0.717, 1.165) is 29.1 Å². The molecule has 0 atom stereocenters. The Balaban J connectivity index is 1.96. The second-order valence-electron chi connectivity index (χ2n) is 4.33. The maximum Gasteiger partial charge on any atom is 0.138 e. The second-order valence-corrected chi connectivity index (χ2v) is 4.77. The van der Waals surface area contributed by atoms with Gasteiger partial charge in [-0.1, -0.05) is 29.8 Å². The fraction of sp³-hybridized carbons (Fsp3) is 0.133. The monoisotopic (exact) mass is 272 g/mol. The van der Waals surface area contributed by atoms with Crippen LogP contribution in [0.3, 0.4) is 0 Å². The standard InChI is InChI=1S/C15H13ClN2O/c1-19-14-5-3-2-4-11(14)8-13-10-18-7-6-12(16)9-15(18)17-13/h2-7,9-10H,8H2,1H3. The van der Waals surface area contributed by atoms with E-state index >= 15 is 0 Å². The quantitative estimate of drug-likeness (QED) is 0.728. The minimum Gasteiger partial charge on any atom is -0.496 e. The minimum atomic E-state index is 0.696. The molecular formula is C15H13ClN2O. The first-order valence-electron chi connectivity index (χ1n) is 6.01. The topological polar surface area (TPSA) is 26.5 Å².